The van der Waals surface area contributed by atoms with Crippen LogP contribution in [0, 0.1) is 0 Å². The van der Waals surface area contributed by atoms with Gasteiger partial charge in [-0.3, -0.25) is 4.79 Å². The molecule has 17 heavy (non-hydrogen) atoms. The van der Waals surface area contributed by atoms with Crippen LogP contribution in [-0.4, -0.2) is 19.1 Å². The number of rotatable bonds is 1. The molecule has 3 nitrogen and oxygen atoms in total. The first-order chi connectivity index (χ1) is 8.24. The average molecular weight is 252 g/mol. The van der Waals surface area contributed by atoms with Crippen molar-refractivity contribution in [2.75, 3.05) is 18.0 Å². The van der Waals surface area contributed by atoms with Crippen LogP contribution in [0.15, 0.2) is 12.1 Å². The van der Waals surface area contributed by atoms with Crippen LogP contribution < -0.4 is 9.64 Å². The molecule has 0 amide bonds. The highest BCUT2D eigenvalue weighted by atomic mass is 35.5. The Balaban J connectivity index is 1.95. The van der Waals surface area contributed by atoms with E-state index in [0.29, 0.717) is 12.2 Å². The summed E-state index contributed by atoms with van der Waals surface area (Å²) in [7, 11) is 0. The normalized spacial score (nSPS) is 19.1. The molecule has 0 bridgehead atoms. The summed E-state index contributed by atoms with van der Waals surface area (Å²) < 4.78 is 5.17. The molecule has 1 fully saturated rings. The Morgan fingerprint density at radius 2 is 1.94 bits per heavy atom. The minimum Gasteiger partial charge on any atom is -0.426 e. The van der Waals surface area contributed by atoms with Crippen LogP contribution in [0.1, 0.15) is 24.8 Å². The molecule has 0 spiro atoms. The summed E-state index contributed by atoms with van der Waals surface area (Å²) in [6.07, 6.45) is 4.03. The Labute approximate surface area is 105 Å². The number of carbonyl (C=O) groups excluding carboxylic acids is 1. The minimum atomic E-state index is -0.188. The van der Waals surface area contributed by atoms with Gasteiger partial charge in [0.1, 0.15) is 5.75 Å². The molecule has 2 heterocycles. The second-order valence-electron chi connectivity index (χ2n) is 4.61. The second-order valence-corrected chi connectivity index (χ2v) is 5.02. The Hall–Kier alpha value is -1.22. The van der Waals surface area contributed by atoms with Gasteiger partial charge in [-0.25, -0.2) is 0 Å². The molecule has 0 N–H and O–H groups in total. The van der Waals surface area contributed by atoms with Gasteiger partial charge in [-0.15, -0.1) is 0 Å². The van der Waals surface area contributed by atoms with E-state index in [-0.39, 0.29) is 5.97 Å². The van der Waals surface area contributed by atoms with Crippen LogP contribution in [0.5, 0.6) is 5.75 Å². The number of hydrogen-bond acceptors (Lipinski definition) is 3. The molecule has 4 heteroatoms. The third kappa shape index (κ3) is 2.00. The number of carbonyl (C=O) groups is 1. The molecule has 0 aromatic heterocycles. The largest absolute Gasteiger partial charge is 0.426 e. The minimum absolute atomic E-state index is 0.188. The van der Waals surface area contributed by atoms with Crippen LogP contribution in [0.2, 0.25) is 5.02 Å². The lowest BCUT2D eigenvalue weighted by Crippen LogP contribution is -2.29. The number of fused-ring (bicyclic) bond motifs is 1. The van der Waals surface area contributed by atoms with Gasteiger partial charge < -0.3 is 9.64 Å². The first-order valence-corrected chi connectivity index (χ1v) is 6.40. The van der Waals surface area contributed by atoms with Crippen molar-refractivity contribution in [3.05, 3.63) is 22.7 Å². The first-order valence-electron chi connectivity index (χ1n) is 6.02. The van der Waals surface area contributed by atoms with Crippen LogP contribution in [0.25, 0.3) is 0 Å². The van der Waals surface area contributed by atoms with E-state index in [4.69, 9.17) is 16.3 Å². The molecular formula is C13H14ClNO2. The predicted molar refractivity (Wildman–Crippen MR) is 66.9 cm³/mol. The molecule has 2 aliphatic rings. The van der Waals surface area contributed by atoms with Crippen LogP contribution in [0.3, 0.4) is 0 Å². The van der Waals surface area contributed by atoms with Crippen molar-refractivity contribution in [3.63, 3.8) is 0 Å². The predicted octanol–water partition coefficient (Wildman–Crippen LogP) is 2.79. The lowest BCUT2D eigenvalue weighted by atomic mass is 10.1. The molecule has 3 rings (SSSR count). The highest BCUT2D eigenvalue weighted by Crippen LogP contribution is 2.37. The topological polar surface area (TPSA) is 29.5 Å². The molecule has 1 saturated heterocycles. The van der Waals surface area contributed by atoms with Crippen molar-refractivity contribution in [1.82, 2.24) is 0 Å². The van der Waals surface area contributed by atoms with Gasteiger partial charge in [0.25, 0.3) is 0 Å². The summed E-state index contributed by atoms with van der Waals surface area (Å²) in [6.45, 7) is 2.07. The van der Waals surface area contributed by atoms with Crippen LogP contribution in [0.4, 0.5) is 5.69 Å². The van der Waals surface area contributed by atoms with Crippen molar-refractivity contribution >= 4 is 23.3 Å². The smallest absolute Gasteiger partial charge is 0.315 e. The summed E-state index contributed by atoms with van der Waals surface area (Å²) in [5.74, 6) is 0.492. The second kappa shape index (κ2) is 4.22. The molecule has 2 aliphatic heterocycles. The van der Waals surface area contributed by atoms with Crippen molar-refractivity contribution in [2.45, 2.75) is 25.7 Å². The zero-order valence-corrected chi connectivity index (χ0v) is 10.3. The highest BCUT2D eigenvalue weighted by molar-refractivity contribution is 6.33. The summed E-state index contributed by atoms with van der Waals surface area (Å²) in [5, 5.41) is 0.726. The van der Waals surface area contributed by atoms with Crippen molar-refractivity contribution in [2.24, 2.45) is 0 Å². The first kappa shape index (κ1) is 10.9. The number of esters is 1. The summed E-state index contributed by atoms with van der Waals surface area (Å²) in [4.78, 5) is 13.5. The number of benzene rings is 1. The van der Waals surface area contributed by atoms with Crippen molar-refractivity contribution in [1.29, 1.82) is 0 Å². The van der Waals surface area contributed by atoms with Crippen LogP contribution in [-0.2, 0) is 11.2 Å². The molecule has 0 saturated carbocycles. The Morgan fingerprint density at radius 1 is 1.18 bits per heavy atom. The zero-order chi connectivity index (χ0) is 11.8. The van der Waals surface area contributed by atoms with Gasteiger partial charge >= 0.3 is 5.97 Å². The maximum Gasteiger partial charge on any atom is 0.315 e. The van der Waals surface area contributed by atoms with Gasteiger partial charge in [-0.1, -0.05) is 11.6 Å². The fourth-order valence-electron chi connectivity index (χ4n) is 2.51. The third-order valence-corrected chi connectivity index (χ3v) is 3.69. The Kier molecular flexibility index (Phi) is 2.71. The van der Waals surface area contributed by atoms with E-state index in [9.17, 15) is 4.79 Å². The Morgan fingerprint density at radius 3 is 2.71 bits per heavy atom. The monoisotopic (exact) mass is 251 g/mol. The van der Waals surface area contributed by atoms with E-state index in [1.807, 2.05) is 12.1 Å². The van der Waals surface area contributed by atoms with E-state index in [0.717, 1.165) is 29.4 Å². The van der Waals surface area contributed by atoms with E-state index >= 15 is 0 Å². The number of hydrogen-bond donors (Lipinski definition) is 0. The summed E-state index contributed by atoms with van der Waals surface area (Å²) in [5.41, 5.74) is 1.90. The SMILES string of the molecule is O=C1Cc2cc(Cl)c(N3CCCCC3)cc2O1. The number of nitrogens with zero attached hydrogens (tertiary/aromatic N) is 1. The van der Waals surface area contributed by atoms with Gasteiger partial charge in [0.2, 0.25) is 0 Å². The molecule has 0 radical (unpaired) electrons. The molecule has 0 aliphatic carbocycles. The van der Waals surface area contributed by atoms with Crippen molar-refractivity contribution < 1.29 is 9.53 Å². The van der Waals surface area contributed by atoms with E-state index in [1.54, 1.807) is 0 Å². The fourth-order valence-corrected chi connectivity index (χ4v) is 2.81. The standard InChI is InChI=1S/C13H14ClNO2/c14-10-6-9-7-13(16)17-12(9)8-11(10)15-4-2-1-3-5-15/h6,8H,1-5,7H2. The van der Waals surface area contributed by atoms with E-state index < -0.39 is 0 Å². The van der Waals surface area contributed by atoms with Gasteiger partial charge in [-0.2, -0.15) is 0 Å². The molecule has 1 aromatic carbocycles. The van der Waals surface area contributed by atoms with Gasteiger partial charge in [0, 0.05) is 24.7 Å². The number of ether oxygens (including phenoxy) is 1. The average Bonchev–Trinajstić information content (AvgIpc) is 2.68. The highest BCUT2D eigenvalue weighted by Gasteiger charge is 2.24. The maximum atomic E-state index is 11.2. The molecule has 1 aromatic rings. The quantitative estimate of drug-likeness (QED) is 0.568. The molecular weight excluding hydrogens is 238 g/mol. The molecule has 0 unspecified atom stereocenters. The fraction of sp³-hybridized carbons (Fsp3) is 0.462. The van der Waals surface area contributed by atoms with Crippen molar-refractivity contribution in [3.8, 4) is 5.75 Å². The van der Waals surface area contributed by atoms with Gasteiger partial charge in [-0.05, 0) is 25.3 Å². The van der Waals surface area contributed by atoms with Gasteiger partial charge in [0.15, 0.2) is 0 Å². The lowest BCUT2D eigenvalue weighted by molar-refractivity contribution is -0.131. The van der Waals surface area contributed by atoms with E-state index in [2.05, 4.69) is 4.90 Å². The third-order valence-electron chi connectivity index (χ3n) is 3.39. The molecule has 0 atom stereocenters. The number of halogens is 1. The summed E-state index contributed by atoms with van der Waals surface area (Å²) >= 11 is 6.28. The zero-order valence-electron chi connectivity index (χ0n) is 9.54. The Bertz CT molecular complexity index is 467. The molecule has 90 valence electrons. The maximum absolute atomic E-state index is 11.2. The van der Waals surface area contributed by atoms with E-state index in [1.165, 1.54) is 19.3 Å². The van der Waals surface area contributed by atoms with Gasteiger partial charge in [0.05, 0.1) is 17.1 Å². The summed E-state index contributed by atoms with van der Waals surface area (Å²) in [6, 6.07) is 3.78. The van der Waals surface area contributed by atoms with Crippen LogP contribution >= 0.6 is 11.6 Å². The number of piperidine rings is 1. The lowest BCUT2D eigenvalue weighted by Gasteiger charge is -2.29. The number of anilines is 1.